The fourth-order valence-electron chi connectivity index (χ4n) is 5.95. The van der Waals surface area contributed by atoms with Crippen LogP contribution in [0.2, 0.25) is 0 Å². The van der Waals surface area contributed by atoms with E-state index in [1.165, 1.54) is 51.4 Å². The number of phosphoric acid groups is 1. The molecule has 314 valence electrons. The molecule has 1 fully saturated rings. The zero-order chi connectivity index (χ0) is 40.0. The van der Waals surface area contributed by atoms with Crippen molar-refractivity contribution in [3.05, 3.63) is 36.5 Å². The van der Waals surface area contributed by atoms with Gasteiger partial charge < -0.3 is 39.9 Å². The highest BCUT2D eigenvalue weighted by atomic mass is 31.2. The van der Waals surface area contributed by atoms with Crippen molar-refractivity contribution in [1.82, 2.24) is 0 Å². The van der Waals surface area contributed by atoms with E-state index in [0.29, 0.717) is 12.8 Å². The van der Waals surface area contributed by atoms with Gasteiger partial charge in [-0.05, 0) is 44.9 Å². The summed E-state index contributed by atoms with van der Waals surface area (Å²) >= 11 is 0. The number of hydrogen-bond donors (Lipinski definition) is 6. The quantitative estimate of drug-likeness (QED) is 0.0183. The molecule has 6 unspecified atom stereocenters. The van der Waals surface area contributed by atoms with Gasteiger partial charge in [0.15, 0.2) is 6.10 Å². The van der Waals surface area contributed by atoms with E-state index in [9.17, 15) is 44.6 Å². The number of rotatable bonds is 32. The zero-order valence-electron chi connectivity index (χ0n) is 32.8. The van der Waals surface area contributed by atoms with Gasteiger partial charge in [-0.2, -0.15) is 0 Å². The molecule has 14 heteroatoms. The van der Waals surface area contributed by atoms with E-state index >= 15 is 0 Å². The van der Waals surface area contributed by atoms with Gasteiger partial charge in [0.2, 0.25) is 0 Å². The van der Waals surface area contributed by atoms with Gasteiger partial charge in [-0.15, -0.1) is 0 Å². The molecule has 0 aromatic heterocycles. The first-order valence-electron chi connectivity index (χ1n) is 20.3. The predicted molar refractivity (Wildman–Crippen MR) is 207 cm³/mol. The number of esters is 2. The Morgan fingerprint density at radius 3 is 1.61 bits per heavy atom. The molecule has 0 spiro atoms. The molecule has 0 aliphatic heterocycles. The van der Waals surface area contributed by atoms with Crippen LogP contribution in [-0.2, 0) is 32.7 Å². The van der Waals surface area contributed by atoms with E-state index < -0.39 is 75.7 Å². The van der Waals surface area contributed by atoms with Crippen LogP contribution in [0.25, 0.3) is 0 Å². The first kappa shape index (κ1) is 50.1. The normalized spacial score (nSPS) is 23.6. The molecule has 0 bridgehead atoms. The highest BCUT2D eigenvalue weighted by molar-refractivity contribution is 7.47. The van der Waals surface area contributed by atoms with Gasteiger partial charge in [0, 0.05) is 12.8 Å². The molecule has 54 heavy (non-hydrogen) atoms. The van der Waals surface area contributed by atoms with Crippen molar-refractivity contribution >= 4 is 19.8 Å². The Balaban J connectivity index is 2.55. The van der Waals surface area contributed by atoms with Crippen molar-refractivity contribution in [2.45, 2.75) is 191 Å². The molecule has 1 aliphatic carbocycles. The highest BCUT2D eigenvalue weighted by Gasteiger charge is 2.51. The van der Waals surface area contributed by atoms with Crippen LogP contribution in [0.5, 0.6) is 0 Å². The minimum atomic E-state index is -5.12. The van der Waals surface area contributed by atoms with Gasteiger partial charge in [-0.25, -0.2) is 4.57 Å². The molecule has 0 aromatic rings. The van der Waals surface area contributed by atoms with Crippen molar-refractivity contribution < 1.29 is 63.1 Å². The number of aliphatic hydroxyl groups is 5. The fourth-order valence-corrected chi connectivity index (χ4v) is 6.92. The summed E-state index contributed by atoms with van der Waals surface area (Å²) in [6.45, 7) is 3.12. The molecule has 1 rings (SSSR count). The second-order valence-electron chi connectivity index (χ2n) is 14.1. The number of hydrogen-bond acceptors (Lipinski definition) is 12. The Labute approximate surface area is 323 Å². The molecular weight excluding hydrogens is 719 g/mol. The number of carbonyl (C=O) groups excluding carboxylic acids is 2. The van der Waals surface area contributed by atoms with Crippen LogP contribution in [-0.4, -0.2) is 98.3 Å². The summed E-state index contributed by atoms with van der Waals surface area (Å²) in [7, 11) is -5.12. The van der Waals surface area contributed by atoms with Crippen molar-refractivity contribution in [2.24, 2.45) is 0 Å². The first-order chi connectivity index (χ1) is 25.9. The van der Waals surface area contributed by atoms with Crippen molar-refractivity contribution in [3.8, 4) is 0 Å². The summed E-state index contributed by atoms with van der Waals surface area (Å²) in [5.41, 5.74) is 0. The van der Waals surface area contributed by atoms with Gasteiger partial charge in [0.1, 0.15) is 43.2 Å². The Morgan fingerprint density at radius 1 is 0.593 bits per heavy atom. The van der Waals surface area contributed by atoms with Gasteiger partial charge in [0.05, 0.1) is 6.61 Å². The molecule has 6 N–H and O–H groups in total. The number of ether oxygens (including phenoxy) is 2. The largest absolute Gasteiger partial charge is 0.472 e. The number of allylic oxidation sites excluding steroid dienone is 6. The second kappa shape index (κ2) is 31.2. The summed E-state index contributed by atoms with van der Waals surface area (Å²) in [4.78, 5) is 35.5. The lowest BCUT2D eigenvalue weighted by molar-refractivity contribution is -0.220. The Morgan fingerprint density at radius 2 is 1.06 bits per heavy atom. The lowest BCUT2D eigenvalue weighted by Gasteiger charge is -2.41. The summed E-state index contributed by atoms with van der Waals surface area (Å²) in [6, 6.07) is 0. The van der Waals surface area contributed by atoms with Gasteiger partial charge in [-0.3, -0.25) is 18.6 Å². The van der Waals surface area contributed by atoms with E-state index in [0.717, 1.165) is 57.8 Å². The van der Waals surface area contributed by atoms with Gasteiger partial charge in [-0.1, -0.05) is 127 Å². The zero-order valence-corrected chi connectivity index (χ0v) is 33.7. The lowest BCUT2D eigenvalue weighted by Crippen LogP contribution is -2.64. The molecule has 0 aromatic carbocycles. The number of aliphatic hydroxyl groups excluding tert-OH is 5. The molecule has 0 amide bonds. The maximum absolute atomic E-state index is 12.7. The monoisotopic (exact) mass is 790 g/mol. The van der Waals surface area contributed by atoms with Crippen molar-refractivity contribution in [2.75, 3.05) is 13.2 Å². The topological polar surface area (TPSA) is 210 Å². The Bertz CT molecular complexity index is 1100. The molecule has 0 saturated heterocycles. The minimum Gasteiger partial charge on any atom is -0.462 e. The third-order valence-electron chi connectivity index (χ3n) is 9.25. The average Bonchev–Trinajstić information content (AvgIpc) is 3.15. The van der Waals surface area contributed by atoms with Crippen LogP contribution in [0.1, 0.15) is 149 Å². The number of unbranched alkanes of at least 4 members (excludes halogenated alkanes) is 14. The van der Waals surface area contributed by atoms with Crippen LogP contribution < -0.4 is 0 Å². The number of phosphoric ester groups is 1. The summed E-state index contributed by atoms with van der Waals surface area (Å²) in [5.74, 6) is -1.14. The maximum Gasteiger partial charge on any atom is 0.472 e. The third-order valence-corrected chi connectivity index (χ3v) is 10.2. The Hall–Kier alpha value is -1.93. The third kappa shape index (κ3) is 23.9. The first-order valence-corrected chi connectivity index (χ1v) is 21.8. The highest BCUT2D eigenvalue weighted by Crippen LogP contribution is 2.47. The van der Waals surface area contributed by atoms with Crippen LogP contribution in [0.4, 0.5) is 0 Å². The molecule has 1 aliphatic rings. The van der Waals surface area contributed by atoms with Gasteiger partial charge >= 0.3 is 19.8 Å². The van der Waals surface area contributed by atoms with Crippen molar-refractivity contribution in [1.29, 1.82) is 0 Å². The molecule has 13 nitrogen and oxygen atoms in total. The predicted octanol–water partition coefficient (Wildman–Crippen LogP) is 6.66. The number of carbonyl (C=O) groups is 2. The van der Waals surface area contributed by atoms with E-state index in [4.69, 9.17) is 18.5 Å². The minimum absolute atomic E-state index is 0.0624. The van der Waals surface area contributed by atoms with E-state index in [1.54, 1.807) is 0 Å². The molecule has 0 heterocycles. The van der Waals surface area contributed by atoms with E-state index in [-0.39, 0.29) is 12.8 Å². The summed E-state index contributed by atoms with van der Waals surface area (Å²) in [5, 5.41) is 49.9. The SMILES string of the molecule is CC/C=C\C/C=C\C/C=C\CCCCCC(=O)OC(COC(=O)CCCCCCCCCCCCCC)COP(=O)(O)OC1C(O)C(O)C(O)C(O)C1O. The van der Waals surface area contributed by atoms with Crippen LogP contribution in [0.3, 0.4) is 0 Å². The molecule has 6 atom stereocenters. The van der Waals surface area contributed by atoms with E-state index in [1.807, 2.05) is 0 Å². The van der Waals surface area contributed by atoms with Crippen LogP contribution >= 0.6 is 7.82 Å². The average molecular weight is 791 g/mol. The molecule has 0 radical (unpaired) electrons. The summed E-state index contributed by atoms with van der Waals surface area (Å²) < 4.78 is 33.3. The van der Waals surface area contributed by atoms with Crippen LogP contribution in [0, 0.1) is 0 Å². The second-order valence-corrected chi connectivity index (χ2v) is 15.5. The molecule has 1 saturated carbocycles. The lowest BCUT2D eigenvalue weighted by atomic mass is 9.85. The van der Waals surface area contributed by atoms with E-state index in [2.05, 4.69) is 50.3 Å². The standard InChI is InChI=1S/C40H71O13P/c1-3-5-7-9-11-13-15-17-19-21-23-25-27-29-34(42)52-32(30-50-33(41)28-26-24-22-20-18-16-14-12-10-8-6-4-2)31-51-54(48,49)53-40-38(46)36(44)35(43)37(45)39(40)47/h5,7,11,13,17,19,32,35-40,43-47H,3-4,6,8-10,12,14-16,18,20-31H2,1-2H3,(H,48,49)/b7-5-,13-11-,19-17-. The Kier molecular flexibility index (Phi) is 28.9. The maximum atomic E-state index is 12.7. The van der Waals surface area contributed by atoms with Crippen LogP contribution in [0.15, 0.2) is 36.5 Å². The smallest absolute Gasteiger partial charge is 0.462 e. The molecular formula is C40H71O13P. The van der Waals surface area contributed by atoms with Gasteiger partial charge in [0.25, 0.3) is 0 Å². The van der Waals surface area contributed by atoms with Crippen molar-refractivity contribution in [3.63, 3.8) is 0 Å². The summed E-state index contributed by atoms with van der Waals surface area (Å²) in [6.07, 6.45) is 19.3. The fraction of sp³-hybridized carbons (Fsp3) is 0.800.